The van der Waals surface area contributed by atoms with Gasteiger partial charge in [-0.3, -0.25) is 4.79 Å². The van der Waals surface area contributed by atoms with Crippen molar-refractivity contribution >= 4 is 5.97 Å². The molecule has 1 N–H and O–H groups in total. The summed E-state index contributed by atoms with van der Waals surface area (Å²) in [6.45, 7) is 1.91. The molecule has 1 unspecified atom stereocenters. The second kappa shape index (κ2) is 6.87. The summed E-state index contributed by atoms with van der Waals surface area (Å²) in [5.74, 6) is -0.999. The van der Waals surface area contributed by atoms with Crippen molar-refractivity contribution in [3.05, 3.63) is 23.6 Å². The summed E-state index contributed by atoms with van der Waals surface area (Å²) < 4.78 is 19.1. The molecule has 1 fully saturated rings. The minimum absolute atomic E-state index is 0.0339. The molecular weight excluding hydrogens is 273 g/mol. The van der Waals surface area contributed by atoms with Gasteiger partial charge in [-0.15, -0.1) is 0 Å². The fourth-order valence-electron chi connectivity index (χ4n) is 3.44. The highest BCUT2D eigenvalue weighted by Crippen LogP contribution is 2.41. The minimum Gasteiger partial charge on any atom is -0.481 e. The van der Waals surface area contributed by atoms with Gasteiger partial charge in [-0.25, -0.2) is 9.37 Å². The molecule has 5 heteroatoms. The molecule has 1 atom stereocenters. The first-order valence-electron chi connectivity index (χ1n) is 7.49. The van der Waals surface area contributed by atoms with Crippen LogP contribution in [0.2, 0.25) is 0 Å². The van der Waals surface area contributed by atoms with E-state index in [1.54, 1.807) is 12.3 Å². The number of halogens is 1. The van der Waals surface area contributed by atoms with Crippen molar-refractivity contribution < 1.29 is 19.0 Å². The van der Waals surface area contributed by atoms with Crippen LogP contribution in [0.1, 0.15) is 50.5 Å². The summed E-state index contributed by atoms with van der Waals surface area (Å²) in [5.41, 5.74) is 0.642. The standard InChI is InChI=1S/C16H22FNO3/c1-3-12(16(19)20)10-4-6-11(7-5-10)13-8-9-18-15(21-2)14(13)17/h8-12H,3-7H2,1-2H3,(H,19,20). The molecule has 1 aliphatic carbocycles. The molecule has 1 aliphatic rings. The van der Waals surface area contributed by atoms with E-state index in [4.69, 9.17) is 4.74 Å². The van der Waals surface area contributed by atoms with Crippen LogP contribution in [0.5, 0.6) is 5.88 Å². The van der Waals surface area contributed by atoms with E-state index in [0.29, 0.717) is 12.0 Å². The van der Waals surface area contributed by atoms with E-state index in [1.807, 2.05) is 6.92 Å². The summed E-state index contributed by atoms with van der Waals surface area (Å²) in [5, 5.41) is 9.24. The molecule has 1 saturated carbocycles. The van der Waals surface area contributed by atoms with Gasteiger partial charge in [0.25, 0.3) is 0 Å². The number of rotatable bonds is 5. The molecule has 116 valence electrons. The third kappa shape index (κ3) is 3.34. The van der Waals surface area contributed by atoms with Crippen molar-refractivity contribution in [2.45, 2.75) is 44.9 Å². The average Bonchev–Trinajstić information content (AvgIpc) is 2.49. The first-order valence-corrected chi connectivity index (χ1v) is 7.49. The van der Waals surface area contributed by atoms with Crippen LogP contribution in [0.4, 0.5) is 4.39 Å². The molecule has 0 radical (unpaired) electrons. The Balaban J connectivity index is 2.06. The highest BCUT2D eigenvalue weighted by Gasteiger charge is 2.32. The SMILES string of the molecule is CCC(C(=O)O)C1CCC(c2ccnc(OC)c2F)CC1. The van der Waals surface area contributed by atoms with Gasteiger partial charge >= 0.3 is 5.97 Å². The number of carbonyl (C=O) groups is 1. The highest BCUT2D eigenvalue weighted by molar-refractivity contribution is 5.70. The highest BCUT2D eigenvalue weighted by atomic mass is 19.1. The molecule has 1 aromatic heterocycles. The van der Waals surface area contributed by atoms with Crippen molar-refractivity contribution in [1.82, 2.24) is 4.98 Å². The topological polar surface area (TPSA) is 59.4 Å². The molecule has 0 aromatic carbocycles. The van der Waals surface area contributed by atoms with Crippen LogP contribution < -0.4 is 4.74 Å². The maximum atomic E-state index is 14.2. The van der Waals surface area contributed by atoms with Crippen molar-refractivity contribution in [1.29, 1.82) is 0 Å². The number of hydrogen-bond acceptors (Lipinski definition) is 3. The molecule has 0 spiro atoms. The van der Waals surface area contributed by atoms with E-state index in [1.165, 1.54) is 7.11 Å². The van der Waals surface area contributed by atoms with Crippen LogP contribution in [0.3, 0.4) is 0 Å². The second-order valence-electron chi connectivity index (χ2n) is 5.69. The smallest absolute Gasteiger partial charge is 0.306 e. The lowest BCUT2D eigenvalue weighted by atomic mass is 9.73. The summed E-state index contributed by atoms with van der Waals surface area (Å²) >= 11 is 0. The second-order valence-corrected chi connectivity index (χ2v) is 5.69. The van der Waals surface area contributed by atoms with Gasteiger partial charge < -0.3 is 9.84 Å². The fraction of sp³-hybridized carbons (Fsp3) is 0.625. The van der Waals surface area contributed by atoms with Crippen LogP contribution in [-0.2, 0) is 4.79 Å². The maximum absolute atomic E-state index is 14.2. The number of carboxylic acid groups (broad SMARTS) is 1. The van der Waals surface area contributed by atoms with E-state index in [9.17, 15) is 14.3 Å². The third-order valence-electron chi connectivity index (χ3n) is 4.62. The summed E-state index contributed by atoms with van der Waals surface area (Å²) in [4.78, 5) is 15.1. The summed E-state index contributed by atoms with van der Waals surface area (Å²) in [6, 6.07) is 1.71. The van der Waals surface area contributed by atoms with Gasteiger partial charge in [0, 0.05) is 6.20 Å². The van der Waals surface area contributed by atoms with Gasteiger partial charge in [0.1, 0.15) is 0 Å². The lowest BCUT2D eigenvalue weighted by Crippen LogP contribution is -2.27. The molecule has 21 heavy (non-hydrogen) atoms. The lowest BCUT2D eigenvalue weighted by molar-refractivity contribution is -0.144. The quantitative estimate of drug-likeness (QED) is 0.901. The zero-order valence-corrected chi connectivity index (χ0v) is 12.5. The van der Waals surface area contributed by atoms with Gasteiger partial charge in [-0.05, 0) is 55.6 Å². The zero-order chi connectivity index (χ0) is 15.4. The molecule has 0 aliphatic heterocycles. The summed E-state index contributed by atoms with van der Waals surface area (Å²) in [6.07, 6.45) is 5.52. The Morgan fingerprint density at radius 3 is 2.67 bits per heavy atom. The Labute approximate surface area is 124 Å². The monoisotopic (exact) mass is 295 g/mol. The number of nitrogens with zero attached hydrogens (tertiary/aromatic N) is 1. The lowest BCUT2D eigenvalue weighted by Gasteiger charge is -2.32. The summed E-state index contributed by atoms with van der Waals surface area (Å²) in [7, 11) is 1.41. The van der Waals surface area contributed by atoms with Crippen molar-refractivity contribution in [3.63, 3.8) is 0 Å². The number of pyridine rings is 1. The predicted octanol–water partition coefficient (Wildman–Crippen LogP) is 3.61. The van der Waals surface area contributed by atoms with Gasteiger partial charge in [0.05, 0.1) is 13.0 Å². The average molecular weight is 295 g/mol. The third-order valence-corrected chi connectivity index (χ3v) is 4.62. The van der Waals surface area contributed by atoms with Gasteiger partial charge in [-0.1, -0.05) is 6.92 Å². The Morgan fingerprint density at radius 1 is 1.48 bits per heavy atom. The number of methoxy groups -OCH3 is 1. The first-order chi connectivity index (χ1) is 10.1. The van der Waals surface area contributed by atoms with Crippen LogP contribution >= 0.6 is 0 Å². The van der Waals surface area contributed by atoms with Gasteiger partial charge in [0.2, 0.25) is 5.88 Å². The van der Waals surface area contributed by atoms with E-state index >= 15 is 0 Å². The van der Waals surface area contributed by atoms with Crippen molar-refractivity contribution in [3.8, 4) is 5.88 Å². The number of aliphatic carboxylic acids is 1. The number of hydrogen-bond donors (Lipinski definition) is 1. The van der Waals surface area contributed by atoms with E-state index in [2.05, 4.69) is 4.98 Å². The molecule has 1 heterocycles. The van der Waals surface area contributed by atoms with E-state index < -0.39 is 5.97 Å². The Kier molecular flexibility index (Phi) is 5.15. The van der Waals surface area contributed by atoms with Gasteiger partial charge in [-0.2, -0.15) is 0 Å². The maximum Gasteiger partial charge on any atom is 0.306 e. The Morgan fingerprint density at radius 2 is 2.14 bits per heavy atom. The van der Waals surface area contributed by atoms with Gasteiger partial charge in [0.15, 0.2) is 5.82 Å². The number of carboxylic acids is 1. The van der Waals surface area contributed by atoms with Crippen LogP contribution in [0.25, 0.3) is 0 Å². The normalized spacial score (nSPS) is 23.6. The molecule has 4 nitrogen and oxygen atoms in total. The predicted molar refractivity (Wildman–Crippen MR) is 76.9 cm³/mol. The van der Waals surface area contributed by atoms with Crippen molar-refractivity contribution in [2.75, 3.05) is 7.11 Å². The van der Waals surface area contributed by atoms with E-state index in [-0.39, 0.29) is 29.5 Å². The minimum atomic E-state index is -0.710. The van der Waals surface area contributed by atoms with E-state index in [0.717, 1.165) is 25.7 Å². The number of aromatic nitrogens is 1. The molecule has 2 rings (SSSR count). The molecular formula is C16H22FNO3. The molecule has 0 amide bonds. The molecule has 0 saturated heterocycles. The van der Waals surface area contributed by atoms with Crippen molar-refractivity contribution in [2.24, 2.45) is 11.8 Å². The Bertz CT molecular complexity index is 498. The largest absolute Gasteiger partial charge is 0.481 e. The first kappa shape index (κ1) is 15.7. The van der Waals surface area contributed by atoms with Crippen LogP contribution in [0, 0.1) is 17.7 Å². The number of ether oxygens (including phenoxy) is 1. The fourth-order valence-corrected chi connectivity index (χ4v) is 3.44. The molecule has 1 aromatic rings. The van der Waals surface area contributed by atoms with Crippen LogP contribution in [-0.4, -0.2) is 23.2 Å². The van der Waals surface area contributed by atoms with Crippen LogP contribution in [0.15, 0.2) is 12.3 Å². The zero-order valence-electron chi connectivity index (χ0n) is 12.5. The Hall–Kier alpha value is -1.65. The molecule has 0 bridgehead atoms.